The van der Waals surface area contributed by atoms with Crippen molar-refractivity contribution in [3.8, 4) is 0 Å². The summed E-state index contributed by atoms with van der Waals surface area (Å²) in [5, 5.41) is 10.9. The molecular weight excluding hydrogens is 259 g/mol. The molecule has 1 aliphatic carbocycles. The maximum absolute atomic E-state index is 13.0. The quantitative estimate of drug-likeness (QED) is 0.679. The monoisotopic (exact) mass is 274 g/mol. The van der Waals surface area contributed by atoms with Gasteiger partial charge in [-0.2, -0.15) is 0 Å². The number of hydrogen-bond donors (Lipinski definition) is 1. The van der Waals surface area contributed by atoms with Crippen LogP contribution in [0.3, 0.4) is 0 Å². The van der Waals surface area contributed by atoms with Crippen LogP contribution in [0.4, 0.5) is 10.1 Å². The summed E-state index contributed by atoms with van der Waals surface area (Å²) in [6.45, 7) is 0. The molecule has 0 aliphatic heterocycles. The third-order valence-electron chi connectivity index (χ3n) is 3.46. The number of halogens is 2. The highest BCUT2D eigenvalue weighted by Crippen LogP contribution is 2.37. The molecule has 1 atom stereocenters. The van der Waals surface area contributed by atoms with E-state index in [4.69, 9.17) is 5.73 Å². The van der Waals surface area contributed by atoms with Gasteiger partial charge in [0.05, 0.1) is 11.0 Å². The van der Waals surface area contributed by atoms with E-state index in [1.165, 1.54) is 12.1 Å². The van der Waals surface area contributed by atoms with Gasteiger partial charge in [-0.3, -0.25) is 10.1 Å². The molecule has 0 heterocycles. The molecule has 0 saturated heterocycles. The topological polar surface area (TPSA) is 69.2 Å². The van der Waals surface area contributed by atoms with Crippen LogP contribution in [0, 0.1) is 21.8 Å². The summed E-state index contributed by atoms with van der Waals surface area (Å²) in [5.41, 5.74) is 6.31. The summed E-state index contributed by atoms with van der Waals surface area (Å²) in [6, 6.07) is 3.26. The second-order valence-electron chi connectivity index (χ2n) is 4.53. The Morgan fingerprint density at radius 1 is 1.39 bits per heavy atom. The number of nitro groups is 1. The number of nitrogens with zero attached hydrogens (tertiary/aromatic N) is 1. The maximum Gasteiger partial charge on any atom is 0.277 e. The lowest BCUT2D eigenvalue weighted by molar-refractivity contribution is -0.386. The largest absolute Gasteiger partial charge is 0.324 e. The number of hydrogen-bond acceptors (Lipinski definition) is 3. The Bertz CT molecular complexity index is 436. The van der Waals surface area contributed by atoms with Crippen LogP contribution in [-0.2, 0) is 0 Å². The lowest BCUT2D eigenvalue weighted by Gasteiger charge is -2.18. The van der Waals surface area contributed by atoms with Crippen molar-refractivity contribution < 1.29 is 9.31 Å². The highest BCUT2D eigenvalue weighted by atomic mass is 35.5. The van der Waals surface area contributed by atoms with Gasteiger partial charge in [0, 0.05) is 11.6 Å². The second-order valence-corrected chi connectivity index (χ2v) is 4.53. The van der Waals surface area contributed by atoms with Crippen molar-refractivity contribution >= 4 is 18.1 Å². The van der Waals surface area contributed by atoms with E-state index in [0.717, 1.165) is 31.7 Å². The van der Waals surface area contributed by atoms with Crippen LogP contribution in [0.5, 0.6) is 0 Å². The molecule has 0 bridgehead atoms. The first-order chi connectivity index (χ1) is 8.09. The molecule has 6 heteroatoms. The number of nitro benzene ring substituents is 1. The van der Waals surface area contributed by atoms with Gasteiger partial charge >= 0.3 is 0 Å². The zero-order chi connectivity index (χ0) is 12.4. The number of benzene rings is 1. The van der Waals surface area contributed by atoms with Crippen LogP contribution in [0.25, 0.3) is 0 Å². The van der Waals surface area contributed by atoms with Crippen LogP contribution in [0.15, 0.2) is 18.2 Å². The third-order valence-corrected chi connectivity index (χ3v) is 3.46. The zero-order valence-corrected chi connectivity index (χ0v) is 10.7. The first-order valence-corrected chi connectivity index (χ1v) is 5.79. The Kier molecular flexibility index (Phi) is 5.04. The van der Waals surface area contributed by atoms with Gasteiger partial charge in [0.1, 0.15) is 5.82 Å². The standard InChI is InChI=1S/C12H15FN2O2.ClH/c13-9-5-6-10(11(7-9)15(16)17)12(14)8-3-1-2-4-8;/h5-8,12H,1-4,14H2;1H/t12-;/m1./s1. The van der Waals surface area contributed by atoms with Crippen molar-refractivity contribution in [2.75, 3.05) is 0 Å². The van der Waals surface area contributed by atoms with Gasteiger partial charge in [-0.1, -0.05) is 12.8 Å². The van der Waals surface area contributed by atoms with E-state index in [2.05, 4.69) is 0 Å². The lowest BCUT2D eigenvalue weighted by Crippen LogP contribution is -2.20. The van der Waals surface area contributed by atoms with Crippen LogP contribution in [-0.4, -0.2) is 4.92 Å². The van der Waals surface area contributed by atoms with Gasteiger partial charge in [0.15, 0.2) is 0 Å². The molecule has 100 valence electrons. The van der Waals surface area contributed by atoms with Crippen molar-refractivity contribution in [2.45, 2.75) is 31.7 Å². The van der Waals surface area contributed by atoms with E-state index in [1.54, 1.807) is 0 Å². The molecule has 0 spiro atoms. The molecule has 1 aromatic carbocycles. The first kappa shape index (κ1) is 14.9. The van der Waals surface area contributed by atoms with Crippen molar-refractivity contribution in [2.24, 2.45) is 11.7 Å². The van der Waals surface area contributed by atoms with Crippen LogP contribution < -0.4 is 5.73 Å². The molecule has 2 N–H and O–H groups in total. The fourth-order valence-electron chi connectivity index (χ4n) is 2.53. The Labute approximate surface area is 111 Å². The summed E-state index contributed by atoms with van der Waals surface area (Å²) in [4.78, 5) is 10.3. The van der Waals surface area contributed by atoms with E-state index in [-0.39, 0.29) is 30.1 Å². The fraction of sp³-hybridized carbons (Fsp3) is 0.500. The SMILES string of the molecule is Cl.N[C@@H](c1ccc(F)cc1[N+](=O)[O-])C1CCCC1. The highest BCUT2D eigenvalue weighted by Gasteiger charge is 2.28. The normalized spacial score (nSPS) is 17.2. The van der Waals surface area contributed by atoms with Gasteiger partial charge in [0.2, 0.25) is 0 Å². The number of rotatable bonds is 3. The Morgan fingerprint density at radius 3 is 2.56 bits per heavy atom. The van der Waals surface area contributed by atoms with E-state index in [9.17, 15) is 14.5 Å². The van der Waals surface area contributed by atoms with Crippen molar-refractivity contribution in [1.82, 2.24) is 0 Å². The Balaban J connectivity index is 0.00000162. The molecule has 0 unspecified atom stereocenters. The summed E-state index contributed by atoms with van der Waals surface area (Å²) < 4.78 is 13.0. The predicted octanol–water partition coefficient (Wildman–Crippen LogP) is 3.35. The number of nitrogens with two attached hydrogens (primary N) is 1. The first-order valence-electron chi connectivity index (χ1n) is 5.79. The van der Waals surface area contributed by atoms with Crippen molar-refractivity contribution in [3.63, 3.8) is 0 Å². The molecule has 2 rings (SSSR count). The molecule has 4 nitrogen and oxygen atoms in total. The van der Waals surface area contributed by atoms with Crippen LogP contribution >= 0.6 is 12.4 Å². The average molecular weight is 275 g/mol. The van der Waals surface area contributed by atoms with Gasteiger partial charge in [-0.15, -0.1) is 12.4 Å². The molecule has 1 aromatic rings. The van der Waals surface area contributed by atoms with Crippen molar-refractivity contribution in [3.05, 3.63) is 39.7 Å². The van der Waals surface area contributed by atoms with Crippen LogP contribution in [0.2, 0.25) is 0 Å². The molecule has 0 radical (unpaired) electrons. The molecule has 0 amide bonds. The maximum atomic E-state index is 13.0. The minimum atomic E-state index is -0.598. The predicted molar refractivity (Wildman–Crippen MR) is 69.2 cm³/mol. The molecule has 18 heavy (non-hydrogen) atoms. The van der Waals surface area contributed by atoms with E-state index >= 15 is 0 Å². The summed E-state index contributed by atoms with van der Waals surface area (Å²) in [7, 11) is 0. The smallest absolute Gasteiger partial charge is 0.277 e. The molecule has 1 saturated carbocycles. The summed E-state index contributed by atoms with van der Waals surface area (Å²) >= 11 is 0. The lowest BCUT2D eigenvalue weighted by atomic mass is 9.91. The van der Waals surface area contributed by atoms with Gasteiger partial charge in [-0.05, 0) is 30.9 Å². The average Bonchev–Trinajstić information content (AvgIpc) is 2.81. The summed E-state index contributed by atoms with van der Waals surface area (Å²) in [6.07, 6.45) is 4.23. The molecular formula is C12H16ClFN2O2. The van der Waals surface area contributed by atoms with Gasteiger partial charge in [-0.25, -0.2) is 4.39 Å². The van der Waals surface area contributed by atoms with E-state index in [0.29, 0.717) is 5.56 Å². The Hall–Kier alpha value is -1.20. The minimum Gasteiger partial charge on any atom is -0.324 e. The Morgan fingerprint density at radius 2 is 2.00 bits per heavy atom. The second kappa shape index (κ2) is 6.11. The van der Waals surface area contributed by atoms with E-state index < -0.39 is 10.7 Å². The van der Waals surface area contributed by atoms with Gasteiger partial charge in [0.25, 0.3) is 5.69 Å². The molecule has 1 aliphatic rings. The molecule has 0 aromatic heterocycles. The molecule has 1 fully saturated rings. The van der Waals surface area contributed by atoms with Gasteiger partial charge < -0.3 is 5.73 Å². The zero-order valence-electron chi connectivity index (χ0n) is 9.84. The summed E-state index contributed by atoms with van der Waals surface area (Å²) in [5.74, 6) is -0.321. The fourth-order valence-corrected chi connectivity index (χ4v) is 2.53. The minimum absolute atomic E-state index is 0. The third kappa shape index (κ3) is 2.97. The van der Waals surface area contributed by atoms with E-state index in [1.807, 2.05) is 0 Å². The highest BCUT2D eigenvalue weighted by molar-refractivity contribution is 5.85. The van der Waals surface area contributed by atoms with Crippen molar-refractivity contribution in [1.29, 1.82) is 0 Å². The van der Waals surface area contributed by atoms with Crippen LogP contribution in [0.1, 0.15) is 37.3 Å².